The molecular weight excluding hydrogens is 308 g/mol. The standard InChI is InChI=1S/C15H13BrO3/c1-3-8-18-15(17)14-7-6-13(19-14)12-5-4-11(16)9-10(12)2/h3-7,9H,1,8H2,2H3. The van der Waals surface area contributed by atoms with Crippen molar-refractivity contribution in [1.82, 2.24) is 0 Å². The van der Waals surface area contributed by atoms with Gasteiger partial charge in [-0.05, 0) is 42.8 Å². The van der Waals surface area contributed by atoms with Gasteiger partial charge in [-0.2, -0.15) is 0 Å². The summed E-state index contributed by atoms with van der Waals surface area (Å²) in [6.45, 7) is 5.64. The highest BCUT2D eigenvalue weighted by Gasteiger charge is 2.14. The van der Waals surface area contributed by atoms with E-state index in [1.807, 2.05) is 25.1 Å². The minimum Gasteiger partial charge on any atom is -0.456 e. The zero-order valence-corrected chi connectivity index (χ0v) is 12.1. The monoisotopic (exact) mass is 320 g/mol. The summed E-state index contributed by atoms with van der Waals surface area (Å²) >= 11 is 3.41. The zero-order chi connectivity index (χ0) is 13.8. The van der Waals surface area contributed by atoms with Crippen molar-refractivity contribution < 1.29 is 13.9 Å². The Labute approximate surface area is 120 Å². The van der Waals surface area contributed by atoms with Gasteiger partial charge in [0, 0.05) is 10.0 Å². The summed E-state index contributed by atoms with van der Waals surface area (Å²) in [5, 5.41) is 0. The molecular formula is C15H13BrO3. The van der Waals surface area contributed by atoms with Crippen molar-refractivity contribution in [3.05, 3.63) is 58.8 Å². The largest absolute Gasteiger partial charge is 0.456 e. The second kappa shape index (κ2) is 5.89. The van der Waals surface area contributed by atoms with Crippen molar-refractivity contribution in [2.24, 2.45) is 0 Å². The third-order valence-corrected chi connectivity index (χ3v) is 3.09. The van der Waals surface area contributed by atoms with Crippen LogP contribution >= 0.6 is 15.9 Å². The zero-order valence-electron chi connectivity index (χ0n) is 10.5. The Balaban J connectivity index is 2.25. The number of hydrogen-bond donors (Lipinski definition) is 0. The molecule has 1 aromatic carbocycles. The number of benzene rings is 1. The molecule has 0 aliphatic rings. The van der Waals surface area contributed by atoms with Crippen LogP contribution in [0.2, 0.25) is 0 Å². The van der Waals surface area contributed by atoms with Crippen LogP contribution in [0.1, 0.15) is 16.1 Å². The predicted octanol–water partition coefficient (Wildman–Crippen LogP) is 4.36. The van der Waals surface area contributed by atoms with Gasteiger partial charge in [0.1, 0.15) is 12.4 Å². The molecule has 0 saturated carbocycles. The summed E-state index contributed by atoms with van der Waals surface area (Å²) in [6.07, 6.45) is 1.51. The highest BCUT2D eigenvalue weighted by atomic mass is 79.9. The Morgan fingerprint density at radius 2 is 2.21 bits per heavy atom. The number of aryl methyl sites for hydroxylation is 1. The molecule has 0 aliphatic heterocycles. The minimum absolute atomic E-state index is 0.173. The van der Waals surface area contributed by atoms with Crippen molar-refractivity contribution in [2.45, 2.75) is 6.92 Å². The molecule has 0 unspecified atom stereocenters. The minimum atomic E-state index is -0.485. The van der Waals surface area contributed by atoms with Crippen molar-refractivity contribution >= 4 is 21.9 Å². The number of halogens is 1. The predicted molar refractivity (Wildman–Crippen MR) is 77.1 cm³/mol. The number of furan rings is 1. The van der Waals surface area contributed by atoms with Crippen LogP contribution in [-0.2, 0) is 4.74 Å². The lowest BCUT2D eigenvalue weighted by molar-refractivity contribution is 0.0514. The lowest BCUT2D eigenvalue weighted by atomic mass is 10.1. The molecule has 1 aromatic heterocycles. The average Bonchev–Trinajstić information content (AvgIpc) is 2.85. The molecule has 0 bridgehead atoms. The Bertz CT molecular complexity index is 614. The smallest absolute Gasteiger partial charge is 0.374 e. The normalized spacial score (nSPS) is 10.2. The van der Waals surface area contributed by atoms with E-state index in [2.05, 4.69) is 22.5 Å². The van der Waals surface area contributed by atoms with Crippen LogP contribution in [0, 0.1) is 6.92 Å². The van der Waals surface area contributed by atoms with Crippen LogP contribution < -0.4 is 0 Å². The molecule has 0 saturated heterocycles. The molecule has 0 aliphatic carbocycles. The maximum atomic E-state index is 11.6. The van der Waals surface area contributed by atoms with Crippen LogP contribution in [0.5, 0.6) is 0 Å². The van der Waals surface area contributed by atoms with E-state index in [1.165, 1.54) is 6.08 Å². The van der Waals surface area contributed by atoms with E-state index in [1.54, 1.807) is 12.1 Å². The SMILES string of the molecule is C=CCOC(=O)c1ccc(-c2ccc(Br)cc2C)o1. The Kier molecular flexibility index (Phi) is 4.22. The van der Waals surface area contributed by atoms with Gasteiger partial charge in [-0.15, -0.1) is 0 Å². The summed E-state index contributed by atoms with van der Waals surface area (Å²) < 4.78 is 11.4. The molecule has 0 N–H and O–H groups in total. The molecule has 2 aromatic rings. The molecule has 2 rings (SSSR count). The fourth-order valence-electron chi connectivity index (χ4n) is 1.70. The van der Waals surface area contributed by atoms with E-state index >= 15 is 0 Å². The van der Waals surface area contributed by atoms with Crippen LogP contribution in [0.4, 0.5) is 0 Å². The molecule has 0 spiro atoms. The fraction of sp³-hybridized carbons (Fsp3) is 0.133. The van der Waals surface area contributed by atoms with E-state index < -0.39 is 5.97 Å². The van der Waals surface area contributed by atoms with Crippen molar-refractivity contribution in [3.8, 4) is 11.3 Å². The molecule has 3 nitrogen and oxygen atoms in total. The summed E-state index contributed by atoms with van der Waals surface area (Å²) in [5.74, 6) is 0.357. The van der Waals surface area contributed by atoms with E-state index in [-0.39, 0.29) is 12.4 Å². The summed E-state index contributed by atoms with van der Waals surface area (Å²) in [5.41, 5.74) is 2.01. The van der Waals surface area contributed by atoms with Crippen molar-refractivity contribution in [1.29, 1.82) is 0 Å². The second-order valence-electron chi connectivity index (χ2n) is 4.01. The number of carbonyl (C=O) groups is 1. The van der Waals surface area contributed by atoms with E-state index in [0.717, 1.165) is 15.6 Å². The number of rotatable bonds is 4. The van der Waals surface area contributed by atoms with E-state index in [4.69, 9.17) is 9.15 Å². The molecule has 19 heavy (non-hydrogen) atoms. The van der Waals surface area contributed by atoms with Gasteiger partial charge >= 0.3 is 5.97 Å². The van der Waals surface area contributed by atoms with Crippen LogP contribution in [0.25, 0.3) is 11.3 Å². The topological polar surface area (TPSA) is 39.4 Å². The molecule has 0 amide bonds. The van der Waals surface area contributed by atoms with Gasteiger partial charge < -0.3 is 9.15 Å². The summed E-state index contributed by atoms with van der Waals surface area (Å²) in [4.78, 5) is 11.6. The van der Waals surface area contributed by atoms with Crippen LogP contribution in [0.15, 0.2) is 51.9 Å². The van der Waals surface area contributed by atoms with Gasteiger partial charge in [-0.3, -0.25) is 0 Å². The van der Waals surface area contributed by atoms with Crippen LogP contribution in [-0.4, -0.2) is 12.6 Å². The van der Waals surface area contributed by atoms with Crippen LogP contribution in [0.3, 0.4) is 0 Å². The first-order valence-corrected chi connectivity index (χ1v) is 6.55. The van der Waals surface area contributed by atoms with Crippen molar-refractivity contribution in [3.63, 3.8) is 0 Å². The maximum Gasteiger partial charge on any atom is 0.374 e. The van der Waals surface area contributed by atoms with Crippen molar-refractivity contribution in [2.75, 3.05) is 6.61 Å². The highest BCUT2D eigenvalue weighted by Crippen LogP contribution is 2.28. The number of carbonyl (C=O) groups excluding carboxylic acids is 1. The van der Waals surface area contributed by atoms with Gasteiger partial charge in [0.15, 0.2) is 0 Å². The average molecular weight is 321 g/mol. The first-order valence-electron chi connectivity index (χ1n) is 5.76. The third kappa shape index (κ3) is 3.15. The number of hydrogen-bond acceptors (Lipinski definition) is 3. The van der Waals surface area contributed by atoms with E-state index in [0.29, 0.717) is 5.76 Å². The molecule has 0 fully saturated rings. The molecule has 0 radical (unpaired) electrons. The number of esters is 1. The fourth-order valence-corrected chi connectivity index (χ4v) is 2.18. The summed E-state index contributed by atoms with van der Waals surface area (Å²) in [6, 6.07) is 9.24. The lowest BCUT2D eigenvalue weighted by Gasteiger charge is -2.03. The third-order valence-electron chi connectivity index (χ3n) is 2.59. The lowest BCUT2D eigenvalue weighted by Crippen LogP contribution is -2.03. The van der Waals surface area contributed by atoms with Gasteiger partial charge in [0.25, 0.3) is 0 Å². The first-order chi connectivity index (χ1) is 9.11. The second-order valence-corrected chi connectivity index (χ2v) is 4.93. The van der Waals surface area contributed by atoms with Gasteiger partial charge in [-0.25, -0.2) is 4.79 Å². The molecule has 98 valence electrons. The summed E-state index contributed by atoms with van der Waals surface area (Å²) in [7, 11) is 0. The Hall–Kier alpha value is -1.81. The van der Waals surface area contributed by atoms with Gasteiger partial charge in [0.05, 0.1) is 0 Å². The van der Waals surface area contributed by atoms with Gasteiger partial charge in [-0.1, -0.05) is 28.6 Å². The molecule has 1 heterocycles. The quantitative estimate of drug-likeness (QED) is 0.620. The Morgan fingerprint density at radius 3 is 2.89 bits per heavy atom. The van der Waals surface area contributed by atoms with Gasteiger partial charge in [0.2, 0.25) is 5.76 Å². The first kappa shape index (κ1) is 13.6. The molecule has 4 heteroatoms. The highest BCUT2D eigenvalue weighted by molar-refractivity contribution is 9.10. The number of ether oxygens (including phenoxy) is 1. The Morgan fingerprint density at radius 1 is 1.42 bits per heavy atom. The van der Waals surface area contributed by atoms with E-state index in [9.17, 15) is 4.79 Å². The molecule has 0 atom stereocenters. The maximum absolute atomic E-state index is 11.6.